The van der Waals surface area contributed by atoms with Crippen molar-refractivity contribution < 1.29 is 9.53 Å². The van der Waals surface area contributed by atoms with Crippen molar-refractivity contribution in [3.8, 4) is 6.07 Å². The van der Waals surface area contributed by atoms with E-state index in [1.54, 1.807) is 0 Å². The first-order valence-electron chi connectivity index (χ1n) is 6.11. The standard InChI is InChI=1S/C12H18N2O2/c13-8-9-3-5-10(6-4-9)14-12(15)11-2-1-7-16-11/h9-11H,1-7H2,(H,14,15). The summed E-state index contributed by atoms with van der Waals surface area (Å²) in [6, 6.07) is 2.55. The van der Waals surface area contributed by atoms with Gasteiger partial charge in [-0.25, -0.2) is 0 Å². The first-order chi connectivity index (χ1) is 7.79. The summed E-state index contributed by atoms with van der Waals surface area (Å²) in [5.41, 5.74) is 0. The minimum Gasteiger partial charge on any atom is -0.368 e. The van der Waals surface area contributed by atoms with Crippen LogP contribution in [0.25, 0.3) is 0 Å². The van der Waals surface area contributed by atoms with Crippen molar-refractivity contribution in [3.05, 3.63) is 0 Å². The van der Waals surface area contributed by atoms with Crippen molar-refractivity contribution in [3.63, 3.8) is 0 Å². The molecule has 1 saturated carbocycles. The van der Waals surface area contributed by atoms with E-state index in [4.69, 9.17) is 10.00 Å². The molecule has 0 radical (unpaired) electrons. The molecule has 1 N–H and O–H groups in total. The minimum absolute atomic E-state index is 0.0397. The maximum absolute atomic E-state index is 11.8. The third kappa shape index (κ3) is 2.73. The van der Waals surface area contributed by atoms with Gasteiger partial charge in [0, 0.05) is 18.6 Å². The molecule has 0 aromatic carbocycles. The average molecular weight is 222 g/mol. The SMILES string of the molecule is N#CC1CCC(NC(=O)C2CCCO2)CC1. The second kappa shape index (κ2) is 5.31. The molecule has 1 atom stereocenters. The highest BCUT2D eigenvalue weighted by molar-refractivity contribution is 5.81. The van der Waals surface area contributed by atoms with Gasteiger partial charge in [0.25, 0.3) is 0 Å². The molecule has 1 unspecified atom stereocenters. The van der Waals surface area contributed by atoms with E-state index < -0.39 is 0 Å². The van der Waals surface area contributed by atoms with Crippen LogP contribution in [0, 0.1) is 17.2 Å². The van der Waals surface area contributed by atoms with Crippen molar-refractivity contribution in [1.29, 1.82) is 5.26 Å². The highest BCUT2D eigenvalue weighted by Crippen LogP contribution is 2.24. The van der Waals surface area contributed by atoms with Gasteiger partial charge in [-0.05, 0) is 38.5 Å². The number of rotatable bonds is 2. The zero-order valence-corrected chi connectivity index (χ0v) is 9.45. The molecular formula is C12H18N2O2. The van der Waals surface area contributed by atoms with Gasteiger partial charge in [-0.3, -0.25) is 4.79 Å². The average Bonchev–Trinajstić information content (AvgIpc) is 2.83. The van der Waals surface area contributed by atoms with E-state index in [0.29, 0.717) is 6.61 Å². The number of nitriles is 1. The molecule has 1 aliphatic heterocycles. The predicted molar refractivity (Wildman–Crippen MR) is 58.5 cm³/mol. The van der Waals surface area contributed by atoms with Crippen LogP contribution in [0.1, 0.15) is 38.5 Å². The zero-order chi connectivity index (χ0) is 11.4. The molecule has 4 nitrogen and oxygen atoms in total. The summed E-state index contributed by atoms with van der Waals surface area (Å²) in [6.07, 6.45) is 5.28. The van der Waals surface area contributed by atoms with Crippen molar-refractivity contribution in [2.75, 3.05) is 6.61 Å². The van der Waals surface area contributed by atoms with Gasteiger partial charge in [0.2, 0.25) is 5.91 Å². The topological polar surface area (TPSA) is 62.1 Å². The summed E-state index contributed by atoms with van der Waals surface area (Å²) in [6.45, 7) is 0.708. The van der Waals surface area contributed by atoms with Gasteiger partial charge in [-0.1, -0.05) is 0 Å². The molecule has 0 aromatic heterocycles. The fourth-order valence-corrected chi connectivity index (χ4v) is 2.45. The van der Waals surface area contributed by atoms with E-state index in [2.05, 4.69) is 11.4 Å². The van der Waals surface area contributed by atoms with Crippen LogP contribution in [0.3, 0.4) is 0 Å². The number of ether oxygens (including phenoxy) is 1. The van der Waals surface area contributed by atoms with Crippen LogP contribution in [-0.4, -0.2) is 24.7 Å². The number of nitrogens with zero attached hydrogens (tertiary/aromatic N) is 1. The Morgan fingerprint density at radius 3 is 2.56 bits per heavy atom. The van der Waals surface area contributed by atoms with Gasteiger partial charge in [0.1, 0.15) is 6.10 Å². The van der Waals surface area contributed by atoms with Gasteiger partial charge >= 0.3 is 0 Å². The predicted octanol–water partition coefficient (Wildman–Crippen LogP) is 1.36. The van der Waals surface area contributed by atoms with E-state index in [-0.39, 0.29) is 24.0 Å². The van der Waals surface area contributed by atoms with Crippen LogP contribution in [0.2, 0.25) is 0 Å². The lowest BCUT2D eigenvalue weighted by Gasteiger charge is -2.26. The van der Waals surface area contributed by atoms with Gasteiger partial charge in [-0.15, -0.1) is 0 Å². The minimum atomic E-state index is -0.228. The second-order valence-electron chi connectivity index (χ2n) is 4.69. The lowest BCUT2D eigenvalue weighted by molar-refractivity contribution is -0.131. The number of amides is 1. The quantitative estimate of drug-likeness (QED) is 0.767. The van der Waals surface area contributed by atoms with Gasteiger partial charge < -0.3 is 10.1 Å². The molecule has 2 fully saturated rings. The Bertz CT molecular complexity index is 284. The highest BCUT2D eigenvalue weighted by Gasteiger charge is 2.27. The lowest BCUT2D eigenvalue weighted by atomic mass is 9.87. The van der Waals surface area contributed by atoms with Crippen molar-refractivity contribution in [1.82, 2.24) is 5.32 Å². The van der Waals surface area contributed by atoms with E-state index in [1.165, 1.54) is 0 Å². The van der Waals surface area contributed by atoms with E-state index in [1.807, 2.05) is 0 Å². The van der Waals surface area contributed by atoms with Gasteiger partial charge in [0.15, 0.2) is 0 Å². The molecular weight excluding hydrogens is 204 g/mol. The molecule has 1 aliphatic carbocycles. The van der Waals surface area contributed by atoms with Crippen LogP contribution in [0.5, 0.6) is 0 Å². The second-order valence-corrected chi connectivity index (χ2v) is 4.69. The molecule has 1 saturated heterocycles. The van der Waals surface area contributed by atoms with Gasteiger partial charge in [-0.2, -0.15) is 5.26 Å². The Balaban J connectivity index is 1.74. The Kier molecular flexibility index (Phi) is 3.79. The normalized spacial score (nSPS) is 34.3. The summed E-state index contributed by atoms with van der Waals surface area (Å²) in [5, 5.41) is 11.8. The van der Waals surface area contributed by atoms with E-state index in [0.717, 1.165) is 38.5 Å². The molecule has 0 aromatic rings. The Morgan fingerprint density at radius 1 is 1.25 bits per heavy atom. The zero-order valence-electron chi connectivity index (χ0n) is 9.45. The summed E-state index contributed by atoms with van der Waals surface area (Å²) in [4.78, 5) is 11.8. The van der Waals surface area contributed by atoms with Crippen LogP contribution in [0.4, 0.5) is 0 Å². The van der Waals surface area contributed by atoms with Gasteiger partial charge in [0.05, 0.1) is 6.07 Å². The highest BCUT2D eigenvalue weighted by atomic mass is 16.5. The molecule has 0 spiro atoms. The molecule has 0 bridgehead atoms. The number of carbonyl (C=O) groups is 1. The maximum atomic E-state index is 11.8. The molecule has 1 amide bonds. The Hall–Kier alpha value is -1.08. The summed E-state index contributed by atoms with van der Waals surface area (Å²) in [5.74, 6) is 0.230. The third-order valence-corrected chi connectivity index (χ3v) is 3.48. The number of nitrogens with one attached hydrogen (secondary N) is 1. The first-order valence-corrected chi connectivity index (χ1v) is 6.11. The smallest absolute Gasteiger partial charge is 0.249 e. The van der Waals surface area contributed by atoms with Crippen molar-refractivity contribution >= 4 is 5.91 Å². The van der Waals surface area contributed by atoms with Crippen LogP contribution in [0.15, 0.2) is 0 Å². The van der Waals surface area contributed by atoms with E-state index in [9.17, 15) is 4.79 Å². The number of hydrogen-bond donors (Lipinski definition) is 1. The number of hydrogen-bond acceptors (Lipinski definition) is 3. The fraction of sp³-hybridized carbons (Fsp3) is 0.833. The fourth-order valence-electron chi connectivity index (χ4n) is 2.45. The molecule has 1 heterocycles. The third-order valence-electron chi connectivity index (χ3n) is 3.48. The van der Waals surface area contributed by atoms with Crippen LogP contribution in [-0.2, 0) is 9.53 Å². The summed E-state index contributed by atoms with van der Waals surface area (Å²) in [7, 11) is 0. The lowest BCUT2D eigenvalue weighted by Crippen LogP contribution is -2.42. The molecule has 16 heavy (non-hydrogen) atoms. The maximum Gasteiger partial charge on any atom is 0.249 e. The molecule has 4 heteroatoms. The largest absolute Gasteiger partial charge is 0.368 e. The van der Waals surface area contributed by atoms with Crippen LogP contribution < -0.4 is 5.32 Å². The van der Waals surface area contributed by atoms with Crippen LogP contribution >= 0.6 is 0 Å². The summed E-state index contributed by atoms with van der Waals surface area (Å²) < 4.78 is 5.33. The Labute approximate surface area is 96.0 Å². The molecule has 88 valence electrons. The van der Waals surface area contributed by atoms with Crippen molar-refractivity contribution in [2.24, 2.45) is 5.92 Å². The molecule has 2 rings (SSSR count). The summed E-state index contributed by atoms with van der Waals surface area (Å²) >= 11 is 0. The monoisotopic (exact) mass is 222 g/mol. The first kappa shape index (κ1) is 11.4. The van der Waals surface area contributed by atoms with Crippen molar-refractivity contribution in [2.45, 2.75) is 50.7 Å². The molecule has 2 aliphatic rings. The van der Waals surface area contributed by atoms with E-state index >= 15 is 0 Å². The number of carbonyl (C=O) groups excluding carboxylic acids is 1. The Morgan fingerprint density at radius 2 is 2.00 bits per heavy atom.